The molecule has 6 heteroatoms. The number of benzene rings is 4. The summed E-state index contributed by atoms with van der Waals surface area (Å²) in [5, 5.41) is 6.58. The van der Waals surface area contributed by atoms with Gasteiger partial charge >= 0.3 is 0 Å². The number of fused-ring (bicyclic) bond motifs is 1. The maximum Gasteiger partial charge on any atom is 0.255 e. The number of hydrogen-bond acceptors (Lipinski definition) is 3. The van der Waals surface area contributed by atoms with Crippen LogP contribution >= 0.6 is 0 Å². The number of amides is 2. The van der Waals surface area contributed by atoms with Gasteiger partial charge in [-0.3, -0.25) is 9.59 Å². The Morgan fingerprint density at radius 3 is 2.28 bits per heavy atom. The first-order chi connectivity index (χ1) is 18.9. The Balaban J connectivity index is 1.39. The van der Waals surface area contributed by atoms with Gasteiger partial charge in [0.1, 0.15) is 17.2 Å². The zero-order chi connectivity index (χ0) is 27.1. The minimum Gasteiger partial charge on any atom is -0.455 e. The third-order valence-electron chi connectivity index (χ3n) is 7.46. The summed E-state index contributed by atoms with van der Waals surface area (Å²) in [6.45, 7) is 1.97. The van der Waals surface area contributed by atoms with E-state index in [2.05, 4.69) is 22.8 Å². The zero-order valence-electron chi connectivity index (χ0n) is 21.7. The standard InChI is InChI=1S/C33H27FN2O3/c1-20-17-28-27(29(32(38)35-2)30(39-28)21-11-13-25(34)14-12-21)19-26(20)22-7-6-8-23(18-22)31(37)36-33(15-16-33)24-9-4-3-5-10-24/h3-14,17-19H,15-16H2,1-2H3,(H,35,38)(H,36,37). The highest BCUT2D eigenvalue weighted by atomic mass is 19.1. The molecule has 4 aromatic carbocycles. The first-order valence-corrected chi connectivity index (χ1v) is 12.9. The molecule has 1 fully saturated rings. The van der Waals surface area contributed by atoms with Gasteiger partial charge in [-0.1, -0.05) is 42.5 Å². The fraction of sp³-hybridized carbons (Fsp3) is 0.152. The van der Waals surface area contributed by atoms with Crippen LogP contribution in [0.15, 0.2) is 95.4 Å². The van der Waals surface area contributed by atoms with Crippen LogP contribution in [-0.4, -0.2) is 18.9 Å². The molecule has 0 aliphatic heterocycles. The zero-order valence-corrected chi connectivity index (χ0v) is 21.7. The Kier molecular flexibility index (Phi) is 6.03. The summed E-state index contributed by atoms with van der Waals surface area (Å²) >= 11 is 0. The maximum absolute atomic E-state index is 13.6. The van der Waals surface area contributed by atoms with Gasteiger partial charge in [0.25, 0.3) is 11.8 Å². The summed E-state index contributed by atoms with van der Waals surface area (Å²) in [6.07, 6.45) is 1.83. The van der Waals surface area contributed by atoms with E-state index in [0.29, 0.717) is 33.4 Å². The number of carbonyl (C=O) groups is 2. The fourth-order valence-electron chi connectivity index (χ4n) is 5.20. The molecule has 0 atom stereocenters. The highest BCUT2D eigenvalue weighted by Crippen LogP contribution is 2.45. The number of halogens is 1. The molecule has 0 unspecified atom stereocenters. The van der Waals surface area contributed by atoms with E-state index >= 15 is 0 Å². The molecule has 1 aliphatic rings. The van der Waals surface area contributed by atoms with Gasteiger partial charge in [-0.25, -0.2) is 4.39 Å². The molecule has 1 aliphatic carbocycles. The molecular weight excluding hydrogens is 491 g/mol. The monoisotopic (exact) mass is 518 g/mol. The highest BCUT2D eigenvalue weighted by Gasteiger charge is 2.45. The van der Waals surface area contributed by atoms with Gasteiger partial charge in [0.2, 0.25) is 0 Å². The van der Waals surface area contributed by atoms with Crippen molar-refractivity contribution in [1.29, 1.82) is 0 Å². The van der Waals surface area contributed by atoms with Crippen LogP contribution in [0, 0.1) is 12.7 Å². The lowest BCUT2D eigenvalue weighted by atomic mass is 9.95. The van der Waals surface area contributed by atoms with E-state index in [1.165, 1.54) is 12.1 Å². The van der Waals surface area contributed by atoms with Crippen molar-refractivity contribution in [3.63, 3.8) is 0 Å². The van der Waals surface area contributed by atoms with Crippen LogP contribution in [0.4, 0.5) is 4.39 Å². The maximum atomic E-state index is 13.6. The van der Waals surface area contributed by atoms with Gasteiger partial charge < -0.3 is 15.1 Å². The second kappa shape index (κ2) is 9.55. The van der Waals surface area contributed by atoms with E-state index in [-0.39, 0.29) is 23.2 Å². The van der Waals surface area contributed by atoms with Crippen molar-refractivity contribution < 1.29 is 18.4 Å². The number of aryl methyl sites for hydroxylation is 1. The molecule has 5 aromatic rings. The lowest BCUT2D eigenvalue weighted by Crippen LogP contribution is -2.34. The Morgan fingerprint density at radius 2 is 1.59 bits per heavy atom. The summed E-state index contributed by atoms with van der Waals surface area (Å²) in [5.41, 5.74) is 5.61. The Labute approximate surface area is 225 Å². The van der Waals surface area contributed by atoms with Crippen molar-refractivity contribution in [3.8, 4) is 22.5 Å². The van der Waals surface area contributed by atoms with Gasteiger partial charge in [-0.2, -0.15) is 0 Å². The number of carbonyl (C=O) groups excluding carboxylic acids is 2. The van der Waals surface area contributed by atoms with E-state index in [0.717, 1.165) is 35.1 Å². The molecule has 6 rings (SSSR count). The van der Waals surface area contributed by atoms with Crippen molar-refractivity contribution >= 4 is 22.8 Å². The smallest absolute Gasteiger partial charge is 0.255 e. The predicted molar refractivity (Wildman–Crippen MR) is 150 cm³/mol. The van der Waals surface area contributed by atoms with E-state index < -0.39 is 0 Å². The van der Waals surface area contributed by atoms with Gasteiger partial charge in [0.05, 0.1) is 11.1 Å². The average Bonchev–Trinajstić information content (AvgIpc) is 3.65. The Hall–Kier alpha value is -4.71. The average molecular weight is 519 g/mol. The van der Waals surface area contributed by atoms with Crippen LogP contribution in [0.25, 0.3) is 33.4 Å². The summed E-state index contributed by atoms with van der Waals surface area (Å²) in [7, 11) is 1.56. The third kappa shape index (κ3) is 4.48. The lowest BCUT2D eigenvalue weighted by molar-refractivity contribution is 0.0929. The number of rotatable bonds is 6. The fourth-order valence-corrected chi connectivity index (χ4v) is 5.20. The van der Waals surface area contributed by atoms with Gasteiger partial charge in [0, 0.05) is 23.6 Å². The summed E-state index contributed by atoms with van der Waals surface area (Å²) in [5.74, 6) is -0.406. The highest BCUT2D eigenvalue weighted by molar-refractivity contribution is 6.12. The number of hydrogen-bond donors (Lipinski definition) is 2. The first kappa shape index (κ1) is 24.6. The van der Waals surface area contributed by atoms with E-state index in [1.54, 1.807) is 19.2 Å². The number of furan rings is 1. The largest absolute Gasteiger partial charge is 0.455 e. The van der Waals surface area contributed by atoms with Crippen LogP contribution in [0.2, 0.25) is 0 Å². The van der Waals surface area contributed by atoms with Crippen molar-refractivity contribution in [3.05, 3.63) is 119 Å². The molecule has 39 heavy (non-hydrogen) atoms. The molecule has 1 saturated carbocycles. The molecule has 5 nitrogen and oxygen atoms in total. The normalized spacial score (nSPS) is 13.7. The van der Waals surface area contributed by atoms with Crippen LogP contribution < -0.4 is 10.6 Å². The quantitative estimate of drug-likeness (QED) is 0.254. The third-order valence-corrected chi connectivity index (χ3v) is 7.46. The van der Waals surface area contributed by atoms with Crippen molar-refractivity contribution in [2.75, 3.05) is 7.05 Å². The molecule has 2 amide bonds. The molecule has 0 bridgehead atoms. The second-order valence-corrected chi connectivity index (χ2v) is 10.0. The first-order valence-electron chi connectivity index (χ1n) is 12.9. The SMILES string of the molecule is CNC(=O)c1c(-c2ccc(F)cc2)oc2cc(C)c(-c3cccc(C(=O)NC4(c5ccccc5)CC4)c3)cc12. The van der Waals surface area contributed by atoms with E-state index in [4.69, 9.17) is 4.42 Å². The molecule has 0 spiro atoms. The molecule has 1 heterocycles. The van der Waals surface area contributed by atoms with Gasteiger partial charge in [0.15, 0.2) is 0 Å². The minimum atomic E-state index is -0.366. The van der Waals surface area contributed by atoms with Crippen molar-refractivity contribution in [2.45, 2.75) is 25.3 Å². The Morgan fingerprint density at radius 1 is 0.846 bits per heavy atom. The van der Waals surface area contributed by atoms with Crippen LogP contribution in [0.1, 0.15) is 44.7 Å². The summed E-state index contributed by atoms with van der Waals surface area (Å²) in [6, 6.07) is 27.3. The predicted octanol–water partition coefficient (Wildman–Crippen LogP) is 6.99. The van der Waals surface area contributed by atoms with Crippen LogP contribution in [-0.2, 0) is 5.54 Å². The molecule has 0 radical (unpaired) electrons. The molecule has 1 aromatic heterocycles. The van der Waals surface area contributed by atoms with Crippen LogP contribution in [0.3, 0.4) is 0 Å². The molecule has 2 N–H and O–H groups in total. The van der Waals surface area contributed by atoms with Crippen molar-refractivity contribution in [1.82, 2.24) is 10.6 Å². The van der Waals surface area contributed by atoms with Crippen LogP contribution in [0.5, 0.6) is 0 Å². The molecule has 194 valence electrons. The summed E-state index contributed by atoms with van der Waals surface area (Å²) < 4.78 is 19.7. The van der Waals surface area contributed by atoms with Crippen molar-refractivity contribution in [2.24, 2.45) is 0 Å². The molecule has 0 saturated heterocycles. The Bertz CT molecular complexity index is 1720. The van der Waals surface area contributed by atoms with E-state index in [1.807, 2.05) is 61.5 Å². The second-order valence-electron chi connectivity index (χ2n) is 10.0. The minimum absolute atomic E-state index is 0.120. The molecular formula is C33H27FN2O3. The lowest BCUT2D eigenvalue weighted by Gasteiger charge is -2.18. The number of nitrogens with one attached hydrogen (secondary N) is 2. The van der Waals surface area contributed by atoms with E-state index in [9.17, 15) is 14.0 Å². The topological polar surface area (TPSA) is 71.3 Å². The van der Waals surface area contributed by atoms with Gasteiger partial charge in [-0.15, -0.1) is 0 Å². The summed E-state index contributed by atoms with van der Waals surface area (Å²) in [4.78, 5) is 26.3. The van der Waals surface area contributed by atoms with Gasteiger partial charge in [-0.05, 0) is 90.6 Å².